The third kappa shape index (κ3) is 3.59. The number of furan rings is 1. The van der Waals surface area contributed by atoms with Crippen molar-refractivity contribution in [2.45, 2.75) is 58.2 Å². The van der Waals surface area contributed by atoms with Crippen molar-refractivity contribution in [3.8, 4) is 0 Å². The van der Waals surface area contributed by atoms with Gasteiger partial charge < -0.3 is 14.6 Å². The third-order valence-electron chi connectivity index (χ3n) is 3.95. The highest BCUT2D eigenvalue weighted by Crippen LogP contribution is 2.18. The summed E-state index contributed by atoms with van der Waals surface area (Å²) in [5.41, 5.74) is 0. The monoisotopic (exact) mass is 250 g/mol. The Kier molecular flexibility index (Phi) is 4.84. The SMILES string of the molecule is CC(C)N1CCCC(N[C@@H](C)c2ccco2)CC1. The number of rotatable bonds is 4. The van der Waals surface area contributed by atoms with E-state index in [2.05, 4.69) is 37.1 Å². The normalized spacial score (nSPS) is 24.1. The van der Waals surface area contributed by atoms with E-state index < -0.39 is 0 Å². The maximum atomic E-state index is 5.45. The van der Waals surface area contributed by atoms with E-state index in [1.807, 2.05) is 6.07 Å². The van der Waals surface area contributed by atoms with E-state index in [0.29, 0.717) is 18.1 Å². The molecular weight excluding hydrogens is 224 g/mol. The summed E-state index contributed by atoms with van der Waals surface area (Å²) in [5.74, 6) is 1.04. The summed E-state index contributed by atoms with van der Waals surface area (Å²) in [6.07, 6.45) is 5.55. The Hall–Kier alpha value is -0.800. The smallest absolute Gasteiger partial charge is 0.120 e. The van der Waals surface area contributed by atoms with Crippen molar-refractivity contribution in [3.05, 3.63) is 24.2 Å². The van der Waals surface area contributed by atoms with Gasteiger partial charge in [0, 0.05) is 12.1 Å². The van der Waals surface area contributed by atoms with Crippen molar-refractivity contribution in [2.75, 3.05) is 13.1 Å². The lowest BCUT2D eigenvalue weighted by Gasteiger charge is -2.25. The van der Waals surface area contributed by atoms with Crippen molar-refractivity contribution in [3.63, 3.8) is 0 Å². The maximum Gasteiger partial charge on any atom is 0.120 e. The summed E-state index contributed by atoms with van der Waals surface area (Å²) in [4.78, 5) is 2.58. The molecule has 0 aromatic carbocycles. The molecule has 0 amide bonds. The molecule has 2 rings (SSSR count). The van der Waals surface area contributed by atoms with Crippen LogP contribution in [0.3, 0.4) is 0 Å². The van der Waals surface area contributed by atoms with E-state index in [0.717, 1.165) is 5.76 Å². The molecule has 3 heteroatoms. The number of likely N-dealkylation sites (tertiary alicyclic amines) is 1. The molecular formula is C15H26N2O. The molecule has 0 saturated carbocycles. The average Bonchev–Trinajstić information content (AvgIpc) is 2.77. The highest BCUT2D eigenvalue weighted by molar-refractivity contribution is 5.03. The van der Waals surface area contributed by atoms with Gasteiger partial charge in [0.15, 0.2) is 0 Å². The molecule has 1 aliphatic rings. The van der Waals surface area contributed by atoms with Crippen LogP contribution in [0.5, 0.6) is 0 Å². The Morgan fingerprint density at radius 2 is 2.11 bits per heavy atom. The van der Waals surface area contributed by atoms with Gasteiger partial charge in [-0.25, -0.2) is 0 Å². The van der Waals surface area contributed by atoms with Gasteiger partial charge in [-0.05, 0) is 65.3 Å². The van der Waals surface area contributed by atoms with E-state index in [4.69, 9.17) is 4.42 Å². The minimum atomic E-state index is 0.315. The first-order valence-electron chi connectivity index (χ1n) is 7.20. The van der Waals surface area contributed by atoms with Crippen molar-refractivity contribution in [1.29, 1.82) is 0 Å². The predicted octanol–water partition coefficient (Wildman–Crippen LogP) is 3.19. The largest absolute Gasteiger partial charge is 0.468 e. The molecule has 1 aliphatic heterocycles. The molecule has 1 fully saturated rings. The third-order valence-corrected chi connectivity index (χ3v) is 3.95. The van der Waals surface area contributed by atoms with E-state index in [-0.39, 0.29) is 0 Å². The van der Waals surface area contributed by atoms with Crippen LogP contribution in [0.25, 0.3) is 0 Å². The van der Waals surface area contributed by atoms with E-state index in [9.17, 15) is 0 Å². The zero-order valence-electron chi connectivity index (χ0n) is 11.9. The molecule has 102 valence electrons. The average molecular weight is 250 g/mol. The number of nitrogens with one attached hydrogen (secondary N) is 1. The first kappa shape index (κ1) is 13.6. The van der Waals surface area contributed by atoms with Crippen LogP contribution in [-0.4, -0.2) is 30.1 Å². The molecule has 3 nitrogen and oxygen atoms in total. The molecule has 1 N–H and O–H groups in total. The molecule has 1 aromatic heterocycles. The van der Waals surface area contributed by atoms with Crippen LogP contribution in [-0.2, 0) is 0 Å². The van der Waals surface area contributed by atoms with Crippen molar-refractivity contribution in [1.82, 2.24) is 10.2 Å². The van der Waals surface area contributed by atoms with Gasteiger partial charge in [0.1, 0.15) is 5.76 Å². The van der Waals surface area contributed by atoms with E-state index in [1.165, 1.54) is 32.4 Å². The lowest BCUT2D eigenvalue weighted by molar-refractivity contribution is 0.228. The highest BCUT2D eigenvalue weighted by atomic mass is 16.3. The molecule has 2 heterocycles. The fourth-order valence-corrected chi connectivity index (χ4v) is 2.77. The van der Waals surface area contributed by atoms with Gasteiger partial charge in [-0.2, -0.15) is 0 Å². The Morgan fingerprint density at radius 3 is 2.78 bits per heavy atom. The molecule has 18 heavy (non-hydrogen) atoms. The van der Waals surface area contributed by atoms with E-state index in [1.54, 1.807) is 6.26 Å². The zero-order valence-corrected chi connectivity index (χ0v) is 11.9. The molecule has 1 unspecified atom stereocenters. The maximum absolute atomic E-state index is 5.45. The van der Waals surface area contributed by atoms with Crippen LogP contribution in [0.1, 0.15) is 51.8 Å². The van der Waals surface area contributed by atoms with Crippen LogP contribution in [0, 0.1) is 0 Å². The summed E-state index contributed by atoms with van der Waals surface area (Å²) < 4.78 is 5.45. The quantitative estimate of drug-likeness (QED) is 0.889. The first-order valence-corrected chi connectivity index (χ1v) is 7.20. The van der Waals surface area contributed by atoms with Gasteiger partial charge in [0.05, 0.1) is 12.3 Å². The van der Waals surface area contributed by atoms with Crippen LogP contribution in [0.2, 0.25) is 0 Å². The Morgan fingerprint density at radius 1 is 1.28 bits per heavy atom. The van der Waals surface area contributed by atoms with Gasteiger partial charge in [-0.3, -0.25) is 0 Å². The van der Waals surface area contributed by atoms with Gasteiger partial charge in [0.2, 0.25) is 0 Å². The molecule has 2 atom stereocenters. The molecule has 0 radical (unpaired) electrons. The molecule has 0 aliphatic carbocycles. The lowest BCUT2D eigenvalue weighted by Crippen LogP contribution is -2.34. The second-order valence-electron chi connectivity index (χ2n) is 5.66. The minimum Gasteiger partial charge on any atom is -0.468 e. The minimum absolute atomic E-state index is 0.315. The fourth-order valence-electron chi connectivity index (χ4n) is 2.77. The van der Waals surface area contributed by atoms with Gasteiger partial charge in [-0.15, -0.1) is 0 Å². The van der Waals surface area contributed by atoms with Crippen molar-refractivity contribution < 1.29 is 4.42 Å². The van der Waals surface area contributed by atoms with Crippen LogP contribution in [0.4, 0.5) is 0 Å². The second-order valence-corrected chi connectivity index (χ2v) is 5.66. The fraction of sp³-hybridized carbons (Fsp3) is 0.733. The number of hydrogen-bond acceptors (Lipinski definition) is 3. The second kappa shape index (κ2) is 6.39. The van der Waals surface area contributed by atoms with Crippen molar-refractivity contribution >= 4 is 0 Å². The topological polar surface area (TPSA) is 28.4 Å². The van der Waals surface area contributed by atoms with Gasteiger partial charge >= 0.3 is 0 Å². The van der Waals surface area contributed by atoms with E-state index >= 15 is 0 Å². The highest BCUT2D eigenvalue weighted by Gasteiger charge is 2.20. The summed E-state index contributed by atoms with van der Waals surface area (Å²) in [6, 6.07) is 5.62. The van der Waals surface area contributed by atoms with Crippen molar-refractivity contribution in [2.24, 2.45) is 0 Å². The summed E-state index contributed by atoms with van der Waals surface area (Å²) >= 11 is 0. The lowest BCUT2D eigenvalue weighted by atomic mass is 10.1. The molecule has 1 saturated heterocycles. The summed E-state index contributed by atoms with van der Waals surface area (Å²) in [7, 11) is 0. The Balaban J connectivity index is 1.83. The number of hydrogen-bond donors (Lipinski definition) is 1. The van der Waals surface area contributed by atoms with Crippen LogP contribution >= 0.6 is 0 Å². The summed E-state index contributed by atoms with van der Waals surface area (Å²) in [6.45, 7) is 9.22. The Labute approximate surface area is 111 Å². The molecule has 0 bridgehead atoms. The standard InChI is InChI=1S/C15H26N2O/c1-12(2)17-9-4-6-14(8-10-17)16-13(3)15-7-5-11-18-15/h5,7,11-14,16H,4,6,8-10H2,1-3H3/t13-,14?/m0/s1. The van der Waals surface area contributed by atoms with Crippen LogP contribution in [0.15, 0.2) is 22.8 Å². The Bertz CT molecular complexity index is 334. The van der Waals surface area contributed by atoms with Crippen LogP contribution < -0.4 is 5.32 Å². The number of nitrogens with zero attached hydrogens (tertiary/aromatic N) is 1. The molecule has 1 aromatic rings. The zero-order chi connectivity index (χ0) is 13.0. The van der Waals surface area contributed by atoms with Gasteiger partial charge in [0.25, 0.3) is 0 Å². The predicted molar refractivity (Wildman–Crippen MR) is 74.6 cm³/mol. The van der Waals surface area contributed by atoms with Gasteiger partial charge in [-0.1, -0.05) is 0 Å². The first-order chi connectivity index (χ1) is 8.66. The summed E-state index contributed by atoms with van der Waals surface area (Å²) in [5, 5.41) is 3.70. The molecule has 0 spiro atoms.